The summed E-state index contributed by atoms with van der Waals surface area (Å²) >= 11 is 5.27. The van der Waals surface area contributed by atoms with E-state index in [0.29, 0.717) is 6.04 Å². The first-order valence-electron chi connectivity index (χ1n) is 7.63. The number of hydrogen-bond acceptors (Lipinski definition) is 6. The Morgan fingerprint density at radius 1 is 1.26 bits per heavy atom. The fourth-order valence-electron chi connectivity index (χ4n) is 2.79. The number of aromatic nitrogens is 3. The van der Waals surface area contributed by atoms with Crippen LogP contribution in [-0.2, 0) is 0 Å². The van der Waals surface area contributed by atoms with Crippen LogP contribution in [0.1, 0.15) is 12.8 Å². The van der Waals surface area contributed by atoms with Gasteiger partial charge < -0.3 is 10.6 Å². The van der Waals surface area contributed by atoms with Crippen LogP contribution in [0, 0.1) is 0 Å². The number of piperidine rings is 1. The van der Waals surface area contributed by atoms with E-state index in [2.05, 4.69) is 36.9 Å². The summed E-state index contributed by atoms with van der Waals surface area (Å²) in [5.41, 5.74) is 1.94. The molecule has 5 nitrogen and oxygen atoms in total. The number of pyridine rings is 1. The van der Waals surface area contributed by atoms with Crippen LogP contribution in [0.3, 0.4) is 0 Å². The predicted octanol–water partition coefficient (Wildman–Crippen LogP) is 3.68. The summed E-state index contributed by atoms with van der Waals surface area (Å²) in [4.78, 5) is 13.6. The smallest absolute Gasteiger partial charge is 0.162 e. The van der Waals surface area contributed by atoms with E-state index < -0.39 is 0 Å². The third kappa shape index (κ3) is 3.08. The van der Waals surface area contributed by atoms with Gasteiger partial charge in [0, 0.05) is 35.9 Å². The zero-order chi connectivity index (χ0) is 15.6. The average Bonchev–Trinajstić information content (AvgIpc) is 2.98. The van der Waals surface area contributed by atoms with Gasteiger partial charge in [-0.05, 0) is 47.4 Å². The first-order chi connectivity index (χ1) is 11.3. The Kier molecular flexibility index (Phi) is 4.24. The molecule has 1 saturated heterocycles. The van der Waals surface area contributed by atoms with Crippen molar-refractivity contribution < 1.29 is 0 Å². The van der Waals surface area contributed by atoms with Gasteiger partial charge in [0.05, 0.1) is 9.17 Å². The molecule has 118 valence electrons. The molecule has 0 bridgehead atoms. The Morgan fingerprint density at radius 3 is 2.91 bits per heavy atom. The number of nitrogens with zero attached hydrogens (tertiary/aromatic N) is 3. The van der Waals surface area contributed by atoms with Crippen molar-refractivity contribution in [3.63, 3.8) is 0 Å². The van der Waals surface area contributed by atoms with Crippen LogP contribution in [0.25, 0.3) is 21.6 Å². The van der Waals surface area contributed by atoms with Crippen molar-refractivity contribution in [3.8, 4) is 11.4 Å². The zero-order valence-corrected chi connectivity index (χ0v) is 14.8. The van der Waals surface area contributed by atoms with E-state index in [1.807, 2.05) is 12.1 Å². The second kappa shape index (κ2) is 6.51. The average molecular weight is 390 g/mol. The van der Waals surface area contributed by atoms with Crippen molar-refractivity contribution in [1.82, 2.24) is 20.3 Å². The van der Waals surface area contributed by atoms with E-state index in [1.54, 1.807) is 23.7 Å². The molecule has 23 heavy (non-hydrogen) atoms. The molecule has 2 N–H and O–H groups in total. The fraction of sp³-hybridized carbons (Fsp3) is 0.312. The lowest BCUT2D eigenvalue weighted by Crippen LogP contribution is -2.38. The molecule has 1 fully saturated rings. The molecule has 1 aliphatic heterocycles. The summed E-state index contributed by atoms with van der Waals surface area (Å²) in [6.45, 7) is 2.08. The molecular weight excluding hydrogens is 374 g/mol. The standard InChI is InChI=1S/C16H16BrN5S/c17-12-9-23-14-13(12)21-15(10-3-6-18-7-4-10)22-16(14)20-11-2-1-5-19-8-11/h3-4,6-7,9,11,19H,1-2,5,8H2,(H,20,21,22). The number of rotatable bonds is 3. The Balaban J connectivity index is 1.78. The molecule has 0 spiro atoms. The molecular formula is C16H16BrN5S. The second-order valence-corrected chi connectivity index (χ2v) is 7.31. The minimum absolute atomic E-state index is 0.410. The molecule has 0 amide bonds. The van der Waals surface area contributed by atoms with Gasteiger partial charge >= 0.3 is 0 Å². The van der Waals surface area contributed by atoms with Crippen molar-refractivity contribution in [2.75, 3.05) is 18.4 Å². The van der Waals surface area contributed by atoms with Crippen LogP contribution in [-0.4, -0.2) is 34.1 Å². The molecule has 3 aromatic rings. The molecule has 0 aliphatic carbocycles. The van der Waals surface area contributed by atoms with Crippen LogP contribution < -0.4 is 10.6 Å². The Morgan fingerprint density at radius 2 is 2.13 bits per heavy atom. The quantitative estimate of drug-likeness (QED) is 0.715. The number of nitrogens with one attached hydrogen (secondary N) is 2. The fourth-order valence-corrected chi connectivity index (χ4v) is 4.30. The second-order valence-electron chi connectivity index (χ2n) is 5.58. The normalized spacial score (nSPS) is 18.2. The topological polar surface area (TPSA) is 62.7 Å². The van der Waals surface area contributed by atoms with Gasteiger partial charge in [-0.25, -0.2) is 9.97 Å². The van der Waals surface area contributed by atoms with Gasteiger partial charge in [-0.3, -0.25) is 4.98 Å². The first kappa shape index (κ1) is 15.0. The molecule has 3 aromatic heterocycles. The third-order valence-electron chi connectivity index (χ3n) is 3.95. The number of anilines is 1. The van der Waals surface area contributed by atoms with Crippen LogP contribution in [0.5, 0.6) is 0 Å². The van der Waals surface area contributed by atoms with E-state index >= 15 is 0 Å². The molecule has 1 atom stereocenters. The minimum atomic E-state index is 0.410. The van der Waals surface area contributed by atoms with Crippen molar-refractivity contribution in [2.45, 2.75) is 18.9 Å². The van der Waals surface area contributed by atoms with E-state index in [4.69, 9.17) is 9.97 Å². The molecule has 7 heteroatoms. The van der Waals surface area contributed by atoms with Crippen LogP contribution in [0.2, 0.25) is 0 Å². The molecule has 4 rings (SSSR count). The van der Waals surface area contributed by atoms with Crippen molar-refractivity contribution in [1.29, 1.82) is 0 Å². The largest absolute Gasteiger partial charge is 0.365 e. The van der Waals surface area contributed by atoms with Gasteiger partial charge in [-0.1, -0.05) is 0 Å². The third-order valence-corrected chi connectivity index (χ3v) is 5.83. The first-order valence-corrected chi connectivity index (χ1v) is 9.31. The van der Waals surface area contributed by atoms with Crippen LogP contribution >= 0.6 is 27.3 Å². The summed E-state index contributed by atoms with van der Waals surface area (Å²) in [5, 5.41) is 9.11. The Labute approximate surface area is 146 Å². The molecule has 4 heterocycles. The summed E-state index contributed by atoms with van der Waals surface area (Å²) in [5.74, 6) is 1.65. The molecule has 0 radical (unpaired) electrons. The summed E-state index contributed by atoms with van der Waals surface area (Å²) in [7, 11) is 0. The van der Waals surface area contributed by atoms with Gasteiger partial charge in [0.25, 0.3) is 0 Å². The lowest BCUT2D eigenvalue weighted by molar-refractivity contribution is 0.479. The minimum Gasteiger partial charge on any atom is -0.365 e. The van der Waals surface area contributed by atoms with E-state index in [0.717, 1.165) is 51.4 Å². The number of hydrogen-bond donors (Lipinski definition) is 2. The maximum absolute atomic E-state index is 4.79. The SMILES string of the molecule is Brc1csc2c(NC3CCCNC3)nc(-c3ccncc3)nc12. The lowest BCUT2D eigenvalue weighted by Gasteiger charge is -2.24. The number of halogens is 1. The maximum Gasteiger partial charge on any atom is 0.162 e. The Hall–Kier alpha value is -1.57. The van der Waals surface area contributed by atoms with Crippen LogP contribution in [0.4, 0.5) is 5.82 Å². The monoisotopic (exact) mass is 389 g/mol. The van der Waals surface area contributed by atoms with Gasteiger partial charge in [-0.15, -0.1) is 11.3 Å². The highest BCUT2D eigenvalue weighted by molar-refractivity contribution is 9.10. The van der Waals surface area contributed by atoms with Crippen molar-refractivity contribution in [2.24, 2.45) is 0 Å². The summed E-state index contributed by atoms with van der Waals surface area (Å²) < 4.78 is 2.11. The maximum atomic E-state index is 4.79. The van der Waals surface area contributed by atoms with E-state index in [1.165, 1.54) is 6.42 Å². The van der Waals surface area contributed by atoms with E-state index in [9.17, 15) is 0 Å². The molecule has 1 aliphatic rings. The highest BCUT2D eigenvalue weighted by Gasteiger charge is 2.18. The number of thiophene rings is 1. The highest BCUT2D eigenvalue weighted by atomic mass is 79.9. The predicted molar refractivity (Wildman–Crippen MR) is 97.9 cm³/mol. The molecule has 0 aromatic carbocycles. The lowest BCUT2D eigenvalue weighted by atomic mass is 10.1. The number of fused-ring (bicyclic) bond motifs is 1. The van der Waals surface area contributed by atoms with Crippen molar-refractivity contribution >= 4 is 43.3 Å². The molecule has 1 unspecified atom stereocenters. The van der Waals surface area contributed by atoms with Crippen LogP contribution in [0.15, 0.2) is 34.4 Å². The van der Waals surface area contributed by atoms with Gasteiger partial charge in [0.15, 0.2) is 5.82 Å². The Bertz CT molecular complexity index is 814. The summed E-state index contributed by atoms with van der Waals surface area (Å²) in [6, 6.07) is 4.29. The van der Waals surface area contributed by atoms with Gasteiger partial charge in [-0.2, -0.15) is 0 Å². The van der Waals surface area contributed by atoms with Gasteiger partial charge in [0.2, 0.25) is 0 Å². The van der Waals surface area contributed by atoms with E-state index in [-0.39, 0.29) is 0 Å². The zero-order valence-electron chi connectivity index (χ0n) is 12.4. The highest BCUT2D eigenvalue weighted by Crippen LogP contribution is 2.35. The molecule has 0 saturated carbocycles. The van der Waals surface area contributed by atoms with Gasteiger partial charge in [0.1, 0.15) is 11.3 Å². The summed E-state index contributed by atoms with van der Waals surface area (Å²) in [6.07, 6.45) is 5.89. The van der Waals surface area contributed by atoms with Crippen molar-refractivity contribution in [3.05, 3.63) is 34.4 Å².